The number of hydrogen-bond acceptors (Lipinski definition) is 5. The van der Waals surface area contributed by atoms with E-state index in [0.717, 1.165) is 18.7 Å². The van der Waals surface area contributed by atoms with Crippen molar-refractivity contribution in [3.8, 4) is 0 Å². The van der Waals surface area contributed by atoms with E-state index in [9.17, 15) is 9.59 Å². The fourth-order valence-electron chi connectivity index (χ4n) is 4.12. The maximum Gasteiger partial charge on any atom is 0.321 e. The highest BCUT2D eigenvalue weighted by Crippen LogP contribution is 2.25. The predicted octanol–water partition coefficient (Wildman–Crippen LogP) is 3.12. The Morgan fingerprint density at radius 1 is 0.971 bits per heavy atom. The van der Waals surface area contributed by atoms with Gasteiger partial charge in [-0.05, 0) is 23.8 Å². The molecule has 182 valence electrons. The number of benzene rings is 2. The molecule has 0 saturated carbocycles. The number of amides is 3. The molecule has 2 N–H and O–H groups in total. The summed E-state index contributed by atoms with van der Waals surface area (Å²) in [6, 6.07) is 14.5. The lowest BCUT2D eigenvalue weighted by Gasteiger charge is -2.40. The molecule has 0 radical (unpaired) electrons. The summed E-state index contributed by atoms with van der Waals surface area (Å²) >= 11 is 12.0. The van der Waals surface area contributed by atoms with Crippen molar-refractivity contribution in [2.75, 3.05) is 57.9 Å². The fourth-order valence-corrected chi connectivity index (χ4v) is 4.41. The van der Waals surface area contributed by atoms with Gasteiger partial charge in [-0.15, -0.1) is 0 Å². The lowest BCUT2D eigenvalue weighted by molar-refractivity contribution is -0.142. The third-order valence-electron chi connectivity index (χ3n) is 6.06. The summed E-state index contributed by atoms with van der Waals surface area (Å²) in [6.07, 6.45) is 0. The van der Waals surface area contributed by atoms with Gasteiger partial charge in [-0.25, -0.2) is 4.79 Å². The molecule has 2 aliphatic heterocycles. The smallest absolute Gasteiger partial charge is 0.321 e. The summed E-state index contributed by atoms with van der Waals surface area (Å²) in [5.41, 5.74) is 1.69. The summed E-state index contributed by atoms with van der Waals surface area (Å²) in [5.74, 6) is 0.0695. The number of hydrogen-bond donors (Lipinski definition) is 2. The molecule has 0 aromatic heterocycles. The van der Waals surface area contributed by atoms with Gasteiger partial charge in [0.25, 0.3) is 0 Å². The molecule has 2 saturated heterocycles. The van der Waals surface area contributed by atoms with Crippen LogP contribution in [-0.2, 0) is 16.1 Å². The number of carbonyl (C=O) groups is 2. The van der Waals surface area contributed by atoms with Crippen LogP contribution in [0.15, 0.2) is 48.5 Å². The molecule has 34 heavy (non-hydrogen) atoms. The average molecular weight is 506 g/mol. The normalized spacial score (nSPS) is 19.2. The Morgan fingerprint density at radius 2 is 1.71 bits per heavy atom. The Morgan fingerprint density at radius 3 is 2.44 bits per heavy atom. The molecule has 2 aromatic rings. The van der Waals surface area contributed by atoms with Gasteiger partial charge in [0.05, 0.1) is 16.7 Å². The van der Waals surface area contributed by atoms with Crippen molar-refractivity contribution in [3.05, 3.63) is 64.1 Å². The molecule has 0 spiro atoms. The van der Waals surface area contributed by atoms with Crippen molar-refractivity contribution >= 4 is 40.8 Å². The zero-order valence-electron chi connectivity index (χ0n) is 18.9. The first-order valence-electron chi connectivity index (χ1n) is 11.4. The van der Waals surface area contributed by atoms with Gasteiger partial charge >= 0.3 is 6.03 Å². The van der Waals surface area contributed by atoms with Crippen molar-refractivity contribution in [2.24, 2.45) is 0 Å². The van der Waals surface area contributed by atoms with Crippen molar-refractivity contribution < 1.29 is 14.3 Å². The number of halogens is 2. The number of piperazine rings is 2. The molecule has 4 rings (SSSR count). The van der Waals surface area contributed by atoms with Gasteiger partial charge < -0.3 is 25.2 Å². The molecule has 1 unspecified atom stereocenters. The number of anilines is 1. The first kappa shape index (κ1) is 24.8. The molecule has 0 aliphatic carbocycles. The van der Waals surface area contributed by atoms with Crippen LogP contribution in [0.1, 0.15) is 5.56 Å². The topological polar surface area (TPSA) is 77.2 Å². The second-order valence-electron chi connectivity index (χ2n) is 8.37. The van der Waals surface area contributed by atoms with Crippen LogP contribution in [0.25, 0.3) is 0 Å². The average Bonchev–Trinajstić information content (AvgIpc) is 2.87. The lowest BCUT2D eigenvalue weighted by atomic mass is 10.1. The highest BCUT2D eigenvalue weighted by atomic mass is 35.5. The summed E-state index contributed by atoms with van der Waals surface area (Å²) in [4.78, 5) is 31.5. The van der Waals surface area contributed by atoms with E-state index in [1.807, 2.05) is 35.2 Å². The number of urea groups is 1. The summed E-state index contributed by atoms with van der Waals surface area (Å²) in [6.45, 7) is 4.97. The molecular formula is C24H29Cl2N5O3. The SMILES string of the molecule is O=C(Nc1ccc(Cl)c(Cl)c1)N1CCN(C(=O)C2CNCCN2COCc2ccccc2)CC1. The fraction of sp³-hybridized carbons (Fsp3) is 0.417. The standard InChI is InChI=1S/C24H29Cl2N5O3/c25-20-7-6-19(14-21(20)26)28-24(33)30-12-10-29(11-13-30)23(32)22-15-27-8-9-31(22)17-34-16-18-4-2-1-3-5-18/h1-7,14,22,27H,8-13,15-17H2,(H,28,33). The molecule has 2 aromatic carbocycles. The number of carbonyl (C=O) groups excluding carboxylic acids is 2. The zero-order chi connectivity index (χ0) is 23.9. The van der Waals surface area contributed by atoms with Crippen LogP contribution in [0.3, 0.4) is 0 Å². The zero-order valence-corrected chi connectivity index (χ0v) is 20.4. The van der Waals surface area contributed by atoms with Gasteiger partial charge in [0.2, 0.25) is 5.91 Å². The van der Waals surface area contributed by atoms with Crippen LogP contribution in [0.2, 0.25) is 10.0 Å². The highest BCUT2D eigenvalue weighted by molar-refractivity contribution is 6.42. The van der Waals surface area contributed by atoms with Crippen molar-refractivity contribution in [2.45, 2.75) is 12.6 Å². The number of rotatable bonds is 6. The van der Waals surface area contributed by atoms with E-state index in [-0.39, 0.29) is 18.0 Å². The van der Waals surface area contributed by atoms with Gasteiger partial charge in [0.1, 0.15) is 12.8 Å². The van der Waals surface area contributed by atoms with E-state index in [2.05, 4.69) is 15.5 Å². The third-order valence-corrected chi connectivity index (χ3v) is 6.80. The van der Waals surface area contributed by atoms with Crippen molar-refractivity contribution in [1.29, 1.82) is 0 Å². The molecule has 1 atom stereocenters. The molecule has 2 aliphatic rings. The van der Waals surface area contributed by atoms with Crippen molar-refractivity contribution in [1.82, 2.24) is 20.0 Å². The number of nitrogens with one attached hydrogen (secondary N) is 2. The third kappa shape index (κ3) is 6.40. The molecule has 3 amide bonds. The Bertz CT molecular complexity index is 986. The molecule has 10 heteroatoms. The predicted molar refractivity (Wildman–Crippen MR) is 133 cm³/mol. The van der Waals surface area contributed by atoms with Gasteiger partial charge in [-0.2, -0.15) is 0 Å². The van der Waals surface area contributed by atoms with Gasteiger partial charge in [-0.3, -0.25) is 9.69 Å². The Hall–Kier alpha value is -2.36. The second-order valence-corrected chi connectivity index (χ2v) is 9.18. The van der Waals surface area contributed by atoms with Crippen LogP contribution < -0.4 is 10.6 Å². The summed E-state index contributed by atoms with van der Waals surface area (Å²) in [5, 5.41) is 6.97. The molecular weight excluding hydrogens is 477 g/mol. The Balaban J connectivity index is 1.26. The molecule has 2 fully saturated rings. The first-order valence-corrected chi connectivity index (χ1v) is 12.1. The molecule has 2 heterocycles. The second kappa shape index (κ2) is 11.9. The molecule has 0 bridgehead atoms. The van der Waals surface area contributed by atoms with E-state index in [0.29, 0.717) is 61.8 Å². The van der Waals surface area contributed by atoms with Gasteiger partial charge in [0, 0.05) is 51.5 Å². The summed E-state index contributed by atoms with van der Waals surface area (Å²) in [7, 11) is 0. The van der Waals surface area contributed by atoms with E-state index in [1.54, 1.807) is 23.1 Å². The van der Waals surface area contributed by atoms with Crippen LogP contribution in [-0.4, -0.2) is 85.2 Å². The van der Waals surface area contributed by atoms with E-state index >= 15 is 0 Å². The lowest BCUT2D eigenvalue weighted by Crippen LogP contribution is -2.61. The van der Waals surface area contributed by atoms with E-state index in [1.165, 1.54) is 0 Å². The number of ether oxygens (including phenoxy) is 1. The maximum atomic E-state index is 13.3. The monoisotopic (exact) mass is 505 g/mol. The minimum Gasteiger partial charge on any atom is -0.361 e. The van der Waals surface area contributed by atoms with Gasteiger partial charge in [-0.1, -0.05) is 53.5 Å². The first-order chi connectivity index (χ1) is 16.5. The van der Waals surface area contributed by atoms with Crippen molar-refractivity contribution in [3.63, 3.8) is 0 Å². The summed E-state index contributed by atoms with van der Waals surface area (Å²) < 4.78 is 5.90. The van der Waals surface area contributed by atoms with E-state index < -0.39 is 0 Å². The van der Waals surface area contributed by atoms with Crippen LogP contribution >= 0.6 is 23.2 Å². The maximum absolute atomic E-state index is 13.3. The largest absolute Gasteiger partial charge is 0.361 e. The van der Waals surface area contributed by atoms with E-state index in [4.69, 9.17) is 27.9 Å². The van der Waals surface area contributed by atoms with Gasteiger partial charge in [0.15, 0.2) is 0 Å². The molecule has 8 nitrogen and oxygen atoms in total. The Labute approximate surface area is 209 Å². The number of nitrogens with zero attached hydrogens (tertiary/aromatic N) is 3. The quantitative estimate of drug-likeness (QED) is 0.630. The van der Waals surface area contributed by atoms with Crippen LogP contribution in [0.5, 0.6) is 0 Å². The van der Waals surface area contributed by atoms with Crippen LogP contribution in [0, 0.1) is 0 Å². The minimum absolute atomic E-state index is 0.0695. The highest BCUT2D eigenvalue weighted by Gasteiger charge is 2.34. The Kier molecular flexibility index (Phi) is 8.64. The van der Waals surface area contributed by atoms with Crippen LogP contribution in [0.4, 0.5) is 10.5 Å². The minimum atomic E-state index is -0.277.